The summed E-state index contributed by atoms with van der Waals surface area (Å²) in [5.74, 6) is -1.44. The summed E-state index contributed by atoms with van der Waals surface area (Å²) in [6.07, 6.45) is 3.69. The van der Waals surface area contributed by atoms with Crippen molar-refractivity contribution in [1.82, 2.24) is 30.4 Å². The lowest BCUT2D eigenvalue weighted by atomic mass is 10.0. The van der Waals surface area contributed by atoms with E-state index in [1.54, 1.807) is 10.8 Å². The van der Waals surface area contributed by atoms with E-state index in [9.17, 15) is 18.8 Å². The van der Waals surface area contributed by atoms with Crippen LogP contribution < -0.4 is 21.7 Å². The van der Waals surface area contributed by atoms with E-state index in [0.717, 1.165) is 82.4 Å². The number of hydrogen-bond donors (Lipinski definition) is 4. The normalized spacial score (nSPS) is 15.5. The van der Waals surface area contributed by atoms with Crippen LogP contribution in [0.25, 0.3) is 0 Å². The number of nitrogens with zero attached hydrogens (tertiary/aromatic N) is 4. The first-order valence-electron chi connectivity index (χ1n) is 17.8. The van der Waals surface area contributed by atoms with Crippen molar-refractivity contribution in [2.75, 3.05) is 37.2 Å². The van der Waals surface area contributed by atoms with Crippen LogP contribution in [0, 0.1) is 5.82 Å². The number of carbonyl (C=O) groups excluding carboxylic acids is 3. The average Bonchev–Trinajstić information content (AvgIpc) is 3.85. The van der Waals surface area contributed by atoms with Crippen molar-refractivity contribution in [1.29, 1.82) is 0 Å². The molecule has 0 spiro atoms. The van der Waals surface area contributed by atoms with Gasteiger partial charge < -0.3 is 16.4 Å². The number of anilines is 2. The van der Waals surface area contributed by atoms with Crippen LogP contribution in [-0.2, 0) is 13.1 Å². The van der Waals surface area contributed by atoms with E-state index in [1.165, 1.54) is 34.6 Å². The fraction of sp³-hybridized carbons (Fsp3) is 0.308. The molecule has 54 heavy (non-hydrogen) atoms. The first-order chi connectivity index (χ1) is 26.2. The van der Waals surface area contributed by atoms with Crippen LogP contribution >= 0.6 is 34.3 Å². The molecule has 7 rings (SSSR count). The average molecular weight is 789 g/mol. The summed E-state index contributed by atoms with van der Waals surface area (Å²) in [6, 6.07) is 24.9. The molecule has 2 fully saturated rings. The van der Waals surface area contributed by atoms with Crippen molar-refractivity contribution in [2.45, 2.75) is 50.9 Å². The van der Waals surface area contributed by atoms with Gasteiger partial charge in [-0.3, -0.25) is 29.5 Å². The molecule has 3 aromatic carbocycles. The van der Waals surface area contributed by atoms with Crippen LogP contribution in [0.5, 0.6) is 0 Å². The largest absolute Gasteiger partial charge is 0.375 e. The maximum Gasteiger partial charge on any atom is 0.271 e. The number of amides is 3. The third-order valence-electron chi connectivity index (χ3n) is 9.24. The molecule has 282 valence electrons. The van der Waals surface area contributed by atoms with Gasteiger partial charge in [0, 0.05) is 67.7 Å². The molecule has 2 aromatic heterocycles. The minimum absolute atomic E-state index is 0.0932. The first kappa shape index (κ1) is 39.0. The summed E-state index contributed by atoms with van der Waals surface area (Å²) in [5, 5.41) is 12.6. The van der Waals surface area contributed by atoms with Crippen molar-refractivity contribution < 1.29 is 18.8 Å². The molecule has 2 saturated heterocycles. The SMILES string of the molecule is Nc1nc(C(=O)NC2CCN(Cc3ccccc3)CC2)cs1.O=C(Nc1nc(C(=O)NC2CCN(Cc3ccccc3)CC2)cs1)c1ccc(F)c(Cl)c1. The van der Waals surface area contributed by atoms with Crippen LogP contribution in [0.3, 0.4) is 0 Å². The zero-order valence-electron chi connectivity index (χ0n) is 29.5. The molecule has 11 nitrogen and oxygen atoms in total. The quantitative estimate of drug-likeness (QED) is 0.122. The van der Waals surface area contributed by atoms with E-state index in [-0.39, 0.29) is 40.2 Å². The molecule has 3 amide bonds. The molecule has 15 heteroatoms. The predicted octanol–water partition coefficient (Wildman–Crippen LogP) is 6.70. The van der Waals surface area contributed by atoms with Gasteiger partial charge in [-0.1, -0.05) is 72.3 Å². The fourth-order valence-electron chi connectivity index (χ4n) is 6.31. The van der Waals surface area contributed by atoms with Crippen molar-refractivity contribution >= 4 is 62.3 Å². The van der Waals surface area contributed by atoms with Crippen LogP contribution in [0.1, 0.15) is 68.1 Å². The molecule has 0 saturated carbocycles. The molecular weight excluding hydrogens is 747 g/mol. The predicted molar refractivity (Wildman–Crippen MR) is 212 cm³/mol. The standard InChI is InChI=1S/C23H22ClFN4O2S.C16H20N4OS/c24-18-12-16(6-7-19(18)25)21(30)28-23-27-20(14-32-23)22(31)26-17-8-10-29(11-9-17)13-15-4-2-1-3-5-15;17-16-19-14(11-22-16)15(21)18-13-6-8-20(9-7-13)10-12-4-2-1-3-5-12/h1-7,12,14,17H,8-11,13H2,(H,26,31)(H,27,28,30);1-5,11,13H,6-10H2,(H2,17,19)(H,18,21). The van der Waals surface area contributed by atoms with Gasteiger partial charge in [0.15, 0.2) is 10.3 Å². The van der Waals surface area contributed by atoms with E-state index in [4.69, 9.17) is 17.3 Å². The summed E-state index contributed by atoms with van der Waals surface area (Å²) in [7, 11) is 0. The van der Waals surface area contributed by atoms with Crippen molar-refractivity contribution in [2.24, 2.45) is 0 Å². The molecule has 0 unspecified atom stereocenters. The number of nitrogens with one attached hydrogen (secondary N) is 3. The summed E-state index contributed by atoms with van der Waals surface area (Å²) in [4.78, 5) is 50.0. The Hall–Kier alpha value is -4.73. The highest BCUT2D eigenvalue weighted by atomic mass is 35.5. The van der Waals surface area contributed by atoms with Crippen LogP contribution in [-0.4, -0.2) is 75.8 Å². The number of aromatic nitrogens is 2. The number of nitrogens with two attached hydrogens (primary N) is 1. The Morgan fingerprint density at radius 1 is 0.722 bits per heavy atom. The lowest BCUT2D eigenvalue weighted by Gasteiger charge is -2.32. The summed E-state index contributed by atoms with van der Waals surface area (Å²) < 4.78 is 13.3. The summed E-state index contributed by atoms with van der Waals surface area (Å²) >= 11 is 8.17. The monoisotopic (exact) mass is 788 g/mol. The molecule has 0 bridgehead atoms. The van der Waals surface area contributed by atoms with Gasteiger partial charge in [-0.25, -0.2) is 14.4 Å². The Balaban J connectivity index is 0.000000197. The van der Waals surface area contributed by atoms with Crippen LogP contribution in [0.15, 0.2) is 89.6 Å². The maximum atomic E-state index is 13.3. The van der Waals surface area contributed by atoms with E-state index >= 15 is 0 Å². The molecule has 2 aliphatic heterocycles. The maximum absolute atomic E-state index is 13.3. The van der Waals surface area contributed by atoms with Gasteiger partial charge >= 0.3 is 0 Å². The summed E-state index contributed by atoms with van der Waals surface area (Å²) in [6.45, 7) is 5.72. The second kappa shape index (κ2) is 19.0. The number of carbonyl (C=O) groups is 3. The summed E-state index contributed by atoms with van der Waals surface area (Å²) in [5.41, 5.74) is 9.08. The van der Waals surface area contributed by atoms with Gasteiger partial charge in [-0.15, -0.1) is 22.7 Å². The Labute approximate surface area is 326 Å². The highest BCUT2D eigenvalue weighted by molar-refractivity contribution is 7.14. The molecule has 0 aliphatic carbocycles. The molecule has 0 atom stereocenters. The van der Waals surface area contributed by atoms with Gasteiger partial charge in [0.1, 0.15) is 17.2 Å². The molecule has 0 radical (unpaired) electrons. The van der Waals surface area contributed by atoms with Crippen molar-refractivity contribution in [3.63, 3.8) is 0 Å². The number of rotatable bonds is 10. The molecular formula is C39H42ClFN8O3S2. The van der Waals surface area contributed by atoms with Crippen LogP contribution in [0.4, 0.5) is 14.7 Å². The van der Waals surface area contributed by atoms with E-state index in [0.29, 0.717) is 16.0 Å². The lowest BCUT2D eigenvalue weighted by molar-refractivity contribution is 0.0896. The Morgan fingerprint density at radius 3 is 1.70 bits per heavy atom. The number of likely N-dealkylation sites (tertiary alicyclic amines) is 2. The molecule has 4 heterocycles. The number of hydrogen-bond acceptors (Lipinski definition) is 10. The third-order valence-corrected chi connectivity index (χ3v) is 11.0. The minimum atomic E-state index is -0.595. The third kappa shape index (κ3) is 11.4. The van der Waals surface area contributed by atoms with Crippen molar-refractivity contribution in [3.8, 4) is 0 Å². The lowest BCUT2D eigenvalue weighted by Crippen LogP contribution is -2.44. The highest BCUT2D eigenvalue weighted by Gasteiger charge is 2.24. The second-order valence-corrected chi connectivity index (χ2v) is 15.4. The van der Waals surface area contributed by atoms with E-state index in [2.05, 4.69) is 72.1 Å². The minimum Gasteiger partial charge on any atom is -0.375 e. The van der Waals surface area contributed by atoms with E-state index < -0.39 is 11.7 Å². The van der Waals surface area contributed by atoms with Gasteiger partial charge in [0.05, 0.1) is 5.02 Å². The Morgan fingerprint density at radius 2 is 1.22 bits per heavy atom. The molecule has 5 aromatic rings. The second-order valence-electron chi connectivity index (χ2n) is 13.2. The number of nitrogen functional groups attached to an aromatic ring is 1. The number of thiazole rings is 2. The van der Waals surface area contributed by atoms with Gasteiger partial charge in [0.25, 0.3) is 17.7 Å². The number of benzene rings is 3. The molecule has 2 aliphatic rings. The fourth-order valence-corrected chi connectivity index (χ4v) is 7.72. The van der Waals surface area contributed by atoms with Gasteiger partial charge in [0.2, 0.25) is 0 Å². The Kier molecular flexibility index (Phi) is 13.7. The smallest absolute Gasteiger partial charge is 0.271 e. The first-order valence-corrected chi connectivity index (χ1v) is 19.9. The van der Waals surface area contributed by atoms with E-state index in [1.807, 2.05) is 24.3 Å². The zero-order valence-corrected chi connectivity index (χ0v) is 31.9. The Bertz CT molecular complexity index is 2000. The topological polar surface area (TPSA) is 146 Å². The number of halogens is 2. The number of piperidine rings is 2. The van der Waals surface area contributed by atoms with Crippen molar-refractivity contribution in [3.05, 3.63) is 129 Å². The zero-order chi connectivity index (χ0) is 37.9. The highest BCUT2D eigenvalue weighted by Crippen LogP contribution is 2.21. The van der Waals surface area contributed by atoms with Gasteiger partial charge in [-0.2, -0.15) is 0 Å². The van der Waals surface area contributed by atoms with Gasteiger partial charge in [-0.05, 0) is 55.0 Å². The van der Waals surface area contributed by atoms with Crippen LogP contribution in [0.2, 0.25) is 5.02 Å². The molecule has 5 N–H and O–H groups in total.